The number of amides is 1. The molecule has 100 valence electrons. The Hall–Kier alpha value is -2.12. The van der Waals surface area contributed by atoms with Gasteiger partial charge in [0.05, 0.1) is 17.2 Å². The highest BCUT2D eigenvalue weighted by Crippen LogP contribution is 2.18. The Labute approximate surface area is 126 Å². The number of halogens is 1. The van der Waals surface area contributed by atoms with Crippen LogP contribution in [0.3, 0.4) is 0 Å². The lowest BCUT2D eigenvalue weighted by atomic mass is 10.1. The van der Waals surface area contributed by atoms with Crippen molar-refractivity contribution in [3.63, 3.8) is 0 Å². The van der Waals surface area contributed by atoms with Gasteiger partial charge >= 0.3 is 0 Å². The Morgan fingerprint density at radius 2 is 2.10 bits per heavy atom. The zero-order chi connectivity index (χ0) is 14.5. The molecule has 0 saturated heterocycles. The van der Waals surface area contributed by atoms with Gasteiger partial charge in [-0.05, 0) is 58.2 Å². The second-order valence-electron chi connectivity index (χ2n) is 4.48. The quantitative estimate of drug-likeness (QED) is 0.936. The molecule has 0 aliphatic carbocycles. The van der Waals surface area contributed by atoms with Crippen LogP contribution in [0.25, 0.3) is 0 Å². The van der Waals surface area contributed by atoms with Gasteiger partial charge in [0.15, 0.2) is 0 Å². The van der Waals surface area contributed by atoms with Crippen molar-refractivity contribution < 1.29 is 4.79 Å². The predicted octanol–water partition coefficient (Wildman–Crippen LogP) is 3.56. The number of carbonyl (C=O) groups excluding carboxylic acids is 1. The first kappa shape index (κ1) is 14.3. The third-order valence-electron chi connectivity index (χ3n) is 2.88. The number of aryl methyl sites for hydroxylation is 1. The predicted molar refractivity (Wildman–Crippen MR) is 81.2 cm³/mol. The largest absolute Gasteiger partial charge is 0.348 e. The highest BCUT2D eigenvalue weighted by Gasteiger charge is 2.09. The number of hydrogen-bond acceptors (Lipinski definition) is 2. The normalized spacial score (nSPS) is 9.85. The van der Waals surface area contributed by atoms with E-state index in [9.17, 15) is 4.79 Å². The molecule has 0 aliphatic rings. The lowest BCUT2D eigenvalue weighted by molar-refractivity contribution is 0.0950. The molecule has 0 heterocycles. The molecule has 0 aromatic heterocycles. The van der Waals surface area contributed by atoms with Gasteiger partial charge in [-0.25, -0.2) is 0 Å². The topological polar surface area (TPSA) is 52.9 Å². The van der Waals surface area contributed by atoms with Gasteiger partial charge in [-0.3, -0.25) is 4.79 Å². The minimum Gasteiger partial charge on any atom is -0.348 e. The molecule has 0 atom stereocenters. The van der Waals surface area contributed by atoms with Gasteiger partial charge in [-0.1, -0.05) is 18.2 Å². The van der Waals surface area contributed by atoms with E-state index in [1.54, 1.807) is 18.2 Å². The van der Waals surface area contributed by atoms with Crippen molar-refractivity contribution >= 4 is 21.8 Å². The van der Waals surface area contributed by atoms with E-state index in [2.05, 4.69) is 27.3 Å². The van der Waals surface area contributed by atoms with Crippen LogP contribution in [0.5, 0.6) is 0 Å². The molecule has 2 aromatic carbocycles. The van der Waals surface area contributed by atoms with Crippen LogP contribution in [0, 0.1) is 18.3 Å². The van der Waals surface area contributed by atoms with Crippen LogP contribution in [-0.4, -0.2) is 5.91 Å². The molecule has 0 spiro atoms. The molecule has 0 aliphatic heterocycles. The molecule has 20 heavy (non-hydrogen) atoms. The monoisotopic (exact) mass is 328 g/mol. The van der Waals surface area contributed by atoms with E-state index in [0.717, 1.165) is 15.6 Å². The number of nitrogens with one attached hydrogen (secondary N) is 1. The minimum atomic E-state index is -0.140. The third-order valence-corrected chi connectivity index (χ3v) is 3.53. The Morgan fingerprint density at radius 1 is 1.30 bits per heavy atom. The number of hydrogen-bond donors (Lipinski definition) is 1. The fraction of sp³-hybridized carbons (Fsp3) is 0.125. The van der Waals surface area contributed by atoms with Crippen LogP contribution in [-0.2, 0) is 6.54 Å². The smallest absolute Gasteiger partial charge is 0.252 e. The Balaban J connectivity index is 2.07. The Morgan fingerprint density at radius 3 is 2.80 bits per heavy atom. The van der Waals surface area contributed by atoms with Crippen LogP contribution in [0.1, 0.15) is 27.0 Å². The standard InChI is InChI=1S/C16H13BrN2O/c1-11-5-6-14(15(17)7-11)16(20)19-10-13-4-2-3-12(8-13)9-18/h2-8H,10H2,1H3,(H,19,20). The molecular formula is C16H13BrN2O. The van der Waals surface area contributed by atoms with E-state index < -0.39 is 0 Å². The maximum Gasteiger partial charge on any atom is 0.252 e. The molecule has 3 nitrogen and oxygen atoms in total. The average molecular weight is 329 g/mol. The van der Waals surface area contributed by atoms with Gasteiger partial charge < -0.3 is 5.32 Å². The molecule has 0 radical (unpaired) electrons. The molecule has 1 amide bonds. The van der Waals surface area contributed by atoms with E-state index in [1.807, 2.05) is 31.2 Å². The van der Waals surface area contributed by atoms with E-state index in [1.165, 1.54) is 0 Å². The maximum absolute atomic E-state index is 12.1. The van der Waals surface area contributed by atoms with Crippen LogP contribution >= 0.6 is 15.9 Å². The van der Waals surface area contributed by atoms with E-state index in [4.69, 9.17) is 5.26 Å². The lowest BCUT2D eigenvalue weighted by Crippen LogP contribution is -2.23. The van der Waals surface area contributed by atoms with Crippen LogP contribution in [0.4, 0.5) is 0 Å². The van der Waals surface area contributed by atoms with Gasteiger partial charge in [0.1, 0.15) is 0 Å². The van der Waals surface area contributed by atoms with Gasteiger partial charge in [-0.15, -0.1) is 0 Å². The van der Waals surface area contributed by atoms with E-state index in [-0.39, 0.29) is 5.91 Å². The molecule has 1 N–H and O–H groups in total. The summed E-state index contributed by atoms with van der Waals surface area (Å²) in [6.45, 7) is 2.37. The highest BCUT2D eigenvalue weighted by molar-refractivity contribution is 9.10. The molecule has 4 heteroatoms. The van der Waals surface area contributed by atoms with Crippen molar-refractivity contribution in [1.29, 1.82) is 5.26 Å². The fourth-order valence-electron chi connectivity index (χ4n) is 1.83. The first-order valence-corrected chi connectivity index (χ1v) is 6.93. The van der Waals surface area contributed by atoms with Gasteiger partial charge in [0.2, 0.25) is 0 Å². The van der Waals surface area contributed by atoms with Crippen molar-refractivity contribution in [3.05, 3.63) is 69.2 Å². The SMILES string of the molecule is Cc1ccc(C(=O)NCc2cccc(C#N)c2)c(Br)c1. The first-order chi connectivity index (χ1) is 9.60. The molecule has 0 unspecified atom stereocenters. The Kier molecular flexibility index (Phi) is 4.54. The number of nitrogens with zero attached hydrogens (tertiary/aromatic N) is 1. The van der Waals surface area contributed by atoms with Gasteiger partial charge in [-0.2, -0.15) is 5.26 Å². The summed E-state index contributed by atoms with van der Waals surface area (Å²) in [5.41, 5.74) is 3.19. The summed E-state index contributed by atoms with van der Waals surface area (Å²) in [4.78, 5) is 12.1. The average Bonchev–Trinajstić information content (AvgIpc) is 2.45. The number of carbonyl (C=O) groups is 1. The first-order valence-electron chi connectivity index (χ1n) is 6.13. The van der Waals surface area contributed by atoms with Crippen LogP contribution in [0.15, 0.2) is 46.9 Å². The number of benzene rings is 2. The van der Waals surface area contributed by atoms with Gasteiger partial charge in [0.25, 0.3) is 5.91 Å². The second kappa shape index (κ2) is 6.36. The molecule has 2 rings (SSSR count). The van der Waals surface area contributed by atoms with Crippen LogP contribution in [0.2, 0.25) is 0 Å². The zero-order valence-electron chi connectivity index (χ0n) is 11.0. The van der Waals surface area contributed by atoms with Crippen molar-refractivity contribution in [2.75, 3.05) is 0 Å². The Bertz CT molecular complexity index is 689. The minimum absolute atomic E-state index is 0.140. The summed E-state index contributed by atoms with van der Waals surface area (Å²) in [6.07, 6.45) is 0. The summed E-state index contributed by atoms with van der Waals surface area (Å²) >= 11 is 3.39. The fourth-order valence-corrected chi connectivity index (χ4v) is 2.51. The molecule has 2 aromatic rings. The molecular weight excluding hydrogens is 316 g/mol. The summed E-state index contributed by atoms with van der Waals surface area (Å²) in [6, 6.07) is 14.9. The number of rotatable bonds is 3. The highest BCUT2D eigenvalue weighted by atomic mass is 79.9. The molecule has 0 saturated carbocycles. The van der Waals surface area contributed by atoms with Crippen molar-refractivity contribution in [2.45, 2.75) is 13.5 Å². The third kappa shape index (κ3) is 3.46. The van der Waals surface area contributed by atoms with E-state index >= 15 is 0 Å². The van der Waals surface area contributed by atoms with Crippen LogP contribution < -0.4 is 5.32 Å². The van der Waals surface area contributed by atoms with Crippen molar-refractivity contribution in [1.82, 2.24) is 5.32 Å². The van der Waals surface area contributed by atoms with Gasteiger partial charge in [0, 0.05) is 11.0 Å². The summed E-state index contributed by atoms with van der Waals surface area (Å²) in [5, 5.41) is 11.7. The molecule has 0 bridgehead atoms. The van der Waals surface area contributed by atoms with E-state index in [0.29, 0.717) is 17.7 Å². The maximum atomic E-state index is 12.1. The molecule has 0 fully saturated rings. The lowest BCUT2D eigenvalue weighted by Gasteiger charge is -2.08. The van der Waals surface area contributed by atoms with Crippen molar-refractivity contribution in [3.8, 4) is 6.07 Å². The summed E-state index contributed by atoms with van der Waals surface area (Å²) < 4.78 is 0.778. The second-order valence-corrected chi connectivity index (χ2v) is 5.33. The summed E-state index contributed by atoms with van der Waals surface area (Å²) in [5.74, 6) is -0.140. The van der Waals surface area contributed by atoms with Crippen molar-refractivity contribution in [2.24, 2.45) is 0 Å². The zero-order valence-corrected chi connectivity index (χ0v) is 12.6. The summed E-state index contributed by atoms with van der Waals surface area (Å²) in [7, 11) is 0. The number of nitriles is 1.